The molecule has 1 fully saturated rings. The van der Waals surface area contributed by atoms with Crippen LogP contribution in [-0.2, 0) is 0 Å². The summed E-state index contributed by atoms with van der Waals surface area (Å²) >= 11 is 0. The van der Waals surface area contributed by atoms with Gasteiger partial charge in [-0.15, -0.1) is 0 Å². The maximum absolute atomic E-state index is 12.3. The van der Waals surface area contributed by atoms with E-state index in [1.54, 1.807) is 30.1 Å². The van der Waals surface area contributed by atoms with Crippen molar-refractivity contribution >= 4 is 11.7 Å². The third kappa shape index (κ3) is 4.89. The number of likely N-dealkylation sites (N-methyl/N-ethyl adjacent to an activating group) is 1. The molecule has 0 spiro atoms. The number of carbonyl (C=O) groups excluding carboxylic acids is 1. The van der Waals surface area contributed by atoms with Crippen LogP contribution in [0.15, 0.2) is 61.1 Å². The van der Waals surface area contributed by atoms with Crippen LogP contribution in [0.3, 0.4) is 0 Å². The summed E-state index contributed by atoms with van der Waals surface area (Å²) in [6.45, 7) is 3.34. The van der Waals surface area contributed by atoms with Crippen molar-refractivity contribution in [1.82, 2.24) is 20.3 Å². The van der Waals surface area contributed by atoms with Crippen LogP contribution in [-0.4, -0.2) is 59.2 Å². The molecule has 1 amide bonds. The number of benzene rings is 1. The lowest BCUT2D eigenvalue weighted by Gasteiger charge is -2.34. The summed E-state index contributed by atoms with van der Waals surface area (Å²) in [5.41, 5.74) is 5.54. The second-order valence-corrected chi connectivity index (χ2v) is 7.40. The minimum atomic E-state index is -0.567. The molecule has 0 bridgehead atoms. The molecule has 1 saturated heterocycles. The van der Waals surface area contributed by atoms with E-state index in [-0.39, 0.29) is 0 Å². The molecule has 31 heavy (non-hydrogen) atoms. The molecule has 0 unspecified atom stereocenters. The number of aromatic nitrogens is 2. The van der Waals surface area contributed by atoms with Crippen LogP contribution in [0, 0.1) is 11.8 Å². The molecule has 0 aliphatic carbocycles. The Balaban J connectivity index is 1.59. The van der Waals surface area contributed by atoms with Crippen molar-refractivity contribution in [2.24, 2.45) is 0 Å². The number of piperazine rings is 1. The molecule has 0 radical (unpaired) electrons. The monoisotopic (exact) mass is 413 g/mol. The molecule has 7 heteroatoms. The molecule has 0 saturated carbocycles. The van der Waals surface area contributed by atoms with Crippen molar-refractivity contribution in [2.45, 2.75) is 0 Å². The van der Waals surface area contributed by atoms with E-state index < -0.39 is 5.91 Å². The SMILES string of the molecule is CN1CCN(c2ncc(-c3ccc(C#Cc4cccnc4)cc3)cc2C(=O)NO)CC1. The maximum atomic E-state index is 12.3. The van der Waals surface area contributed by atoms with Gasteiger partial charge in [0, 0.05) is 61.5 Å². The van der Waals surface area contributed by atoms with Gasteiger partial charge in [-0.25, -0.2) is 10.5 Å². The highest BCUT2D eigenvalue weighted by atomic mass is 16.5. The van der Waals surface area contributed by atoms with Crippen LogP contribution in [0.2, 0.25) is 0 Å². The molecule has 2 N–H and O–H groups in total. The molecule has 4 rings (SSSR count). The van der Waals surface area contributed by atoms with Crippen molar-refractivity contribution < 1.29 is 10.0 Å². The van der Waals surface area contributed by atoms with E-state index in [0.29, 0.717) is 11.4 Å². The van der Waals surface area contributed by atoms with Gasteiger partial charge in [-0.05, 0) is 42.9 Å². The van der Waals surface area contributed by atoms with E-state index in [4.69, 9.17) is 0 Å². The first kappa shape index (κ1) is 20.5. The summed E-state index contributed by atoms with van der Waals surface area (Å²) in [6, 6.07) is 13.3. The fourth-order valence-corrected chi connectivity index (χ4v) is 3.44. The first-order chi connectivity index (χ1) is 15.1. The van der Waals surface area contributed by atoms with Crippen LogP contribution in [0.25, 0.3) is 11.1 Å². The van der Waals surface area contributed by atoms with Crippen molar-refractivity contribution in [3.05, 3.63) is 77.7 Å². The Morgan fingerprint density at radius 2 is 1.74 bits per heavy atom. The quantitative estimate of drug-likeness (QED) is 0.390. The molecule has 1 aromatic carbocycles. The number of rotatable bonds is 3. The van der Waals surface area contributed by atoms with Crippen molar-refractivity contribution in [3.63, 3.8) is 0 Å². The van der Waals surface area contributed by atoms with E-state index in [1.165, 1.54) is 0 Å². The zero-order valence-corrected chi connectivity index (χ0v) is 17.2. The number of carbonyl (C=O) groups is 1. The summed E-state index contributed by atoms with van der Waals surface area (Å²) in [5.74, 6) is 6.22. The first-order valence-corrected chi connectivity index (χ1v) is 10.0. The van der Waals surface area contributed by atoms with Gasteiger partial charge in [0.25, 0.3) is 5.91 Å². The summed E-state index contributed by atoms with van der Waals surface area (Å²) in [6.07, 6.45) is 5.20. The highest BCUT2D eigenvalue weighted by Gasteiger charge is 2.22. The van der Waals surface area contributed by atoms with E-state index in [2.05, 4.69) is 38.7 Å². The Morgan fingerprint density at radius 3 is 2.42 bits per heavy atom. The molecule has 2 aromatic heterocycles. The van der Waals surface area contributed by atoms with E-state index in [1.807, 2.05) is 36.4 Å². The van der Waals surface area contributed by atoms with Gasteiger partial charge in [-0.1, -0.05) is 24.0 Å². The fraction of sp³-hybridized carbons (Fsp3) is 0.208. The Kier molecular flexibility index (Phi) is 6.22. The summed E-state index contributed by atoms with van der Waals surface area (Å²) < 4.78 is 0. The van der Waals surface area contributed by atoms with E-state index in [9.17, 15) is 10.0 Å². The van der Waals surface area contributed by atoms with Gasteiger partial charge < -0.3 is 9.80 Å². The number of pyridine rings is 2. The van der Waals surface area contributed by atoms with Gasteiger partial charge in [0.15, 0.2) is 0 Å². The van der Waals surface area contributed by atoms with Crippen LogP contribution in [0.5, 0.6) is 0 Å². The summed E-state index contributed by atoms with van der Waals surface area (Å²) in [7, 11) is 2.07. The van der Waals surface area contributed by atoms with Gasteiger partial charge in [0.1, 0.15) is 5.82 Å². The standard InChI is InChI=1S/C24H23N5O2/c1-28-11-13-29(14-12-28)23-22(24(30)27-31)15-21(17-26-23)20-8-6-18(7-9-20)4-5-19-3-2-10-25-16-19/h2-3,6-10,15-17,31H,11-14H2,1H3,(H,27,30). The molecule has 3 aromatic rings. The lowest BCUT2D eigenvalue weighted by molar-refractivity contribution is 0.0706. The molecular weight excluding hydrogens is 390 g/mol. The van der Waals surface area contributed by atoms with Crippen molar-refractivity contribution in [1.29, 1.82) is 0 Å². The van der Waals surface area contributed by atoms with Gasteiger partial charge in [0.2, 0.25) is 0 Å². The maximum Gasteiger partial charge on any atom is 0.278 e. The zero-order chi connectivity index (χ0) is 21.6. The number of hydrogen-bond acceptors (Lipinski definition) is 6. The van der Waals surface area contributed by atoms with Gasteiger partial charge in [-0.2, -0.15) is 0 Å². The predicted molar refractivity (Wildman–Crippen MR) is 119 cm³/mol. The van der Waals surface area contributed by atoms with Crippen molar-refractivity contribution in [2.75, 3.05) is 38.1 Å². The topological polar surface area (TPSA) is 81.6 Å². The molecule has 1 aliphatic heterocycles. The fourth-order valence-electron chi connectivity index (χ4n) is 3.44. The Labute approximate surface area is 181 Å². The first-order valence-electron chi connectivity index (χ1n) is 10.0. The van der Waals surface area contributed by atoms with Gasteiger partial charge >= 0.3 is 0 Å². The average molecular weight is 413 g/mol. The summed E-state index contributed by atoms with van der Waals surface area (Å²) in [5, 5.41) is 9.23. The second-order valence-electron chi connectivity index (χ2n) is 7.40. The number of hydrogen-bond donors (Lipinski definition) is 2. The highest BCUT2D eigenvalue weighted by molar-refractivity contribution is 5.99. The zero-order valence-electron chi connectivity index (χ0n) is 17.2. The molecular formula is C24H23N5O2. The largest absolute Gasteiger partial charge is 0.353 e. The van der Waals surface area contributed by atoms with Crippen LogP contribution >= 0.6 is 0 Å². The van der Waals surface area contributed by atoms with Gasteiger partial charge in [0.05, 0.1) is 5.56 Å². The number of amides is 1. The summed E-state index contributed by atoms with van der Waals surface area (Å²) in [4.78, 5) is 25.3. The highest BCUT2D eigenvalue weighted by Crippen LogP contribution is 2.26. The third-order valence-corrected chi connectivity index (χ3v) is 5.25. The number of nitrogens with one attached hydrogen (secondary N) is 1. The smallest absolute Gasteiger partial charge is 0.278 e. The minimum Gasteiger partial charge on any atom is -0.353 e. The molecule has 3 heterocycles. The van der Waals surface area contributed by atoms with Gasteiger partial charge in [-0.3, -0.25) is 15.0 Å². The number of anilines is 1. The minimum absolute atomic E-state index is 0.352. The molecule has 0 atom stereocenters. The van der Waals surface area contributed by atoms with E-state index >= 15 is 0 Å². The Bertz CT molecular complexity index is 1110. The van der Waals surface area contributed by atoms with Crippen LogP contribution < -0.4 is 10.4 Å². The number of nitrogens with zero attached hydrogens (tertiary/aromatic N) is 4. The Hall–Kier alpha value is -3.73. The van der Waals surface area contributed by atoms with Crippen molar-refractivity contribution in [3.8, 4) is 23.0 Å². The molecule has 156 valence electrons. The van der Waals surface area contributed by atoms with Crippen LogP contribution in [0.1, 0.15) is 21.5 Å². The predicted octanol–water partition coefficient (Wildman–Crippen LogP) is 2.41. The second kappa shape index (κ2) is 9.39. The molecule has 1 aliphatic rings. The van der Waals surface area contributed by atoms with Crippen LogP contribution in [0.4, 0.5) is 5.82 Å². The number of hydroxylamine groups is 1. The Morgan fingerprint density at radius 1 is 1.00 bits per heavy atom. The normalized spacial score (nSPS) is 13.9. The molecule has 7 nitrogen and oxygen atoms in total. The lowest BCUT2D eigenvalue weighted by atomic mass is 10.0. The van der Waals surface area contributed by atoms with E-state index in [0.717, 1.165) is 48.4 Å². The average Bonchev–Trinajstić information content (AvgIpc) is 2.83. The third-order valence-electron chi connectivity index (χ3n) is 5.25. The lowest BCUT2D eigenvalue weighted by Crippen LogP contribution is -2.45.